The van der Waals surface area contributed by atoms with E-state index in [1.807, 2.05) is 64.0 Å². The van der Waals surface area contributed by atoms with Crippen molar-refractivity contribution in [3.05, 3.63) is 53.9 Å². The van der Waals surface area contributed by atoms with Crippen LogP contribution in [0.25, 0.3) is 0 Å². The molecular formula is C20H28N4O2. The summed E-state index contributed by atoms with van der Waals surface area (Å²) >= 11 is 0. The monoisotopic (exact) mass is 356 g/mol. The highest BCUT2D eigenvalue weighted by Crippen LogP contribution is 2.19. The Labute approximate surface area is 155 Å². The first-order chi connectivity index (χ1) is 12.3. The number of ether oxygens (including phenoxy) is 1. The summed E-state index contributed by atoms with van der Waals surface area (Å²) in [6.07, 6.45) is 1.72. The molecule has 0 radical (unpaired) electrons. The molecule has 26 heavy (non-hydrogen) atoms. The van der Waals surface area contributed by atoms with Gasteiger partial charge in [-0.2, -0.15) is 5.10 Å². The van der Waals surface area contributed by atoms with Crippen LogP contribution < -0.4 is 10.1 Å². The summed E-state index contributed by atoms with van der Waals surface area (Å²) in [4.78, 5) is 14.6. The molecule has 1 amide bonds. The Morgan fingerprint density at radius 3 is 2.58 bits per heavy atom. The quantitative estimate of drug-likeness (QED) is 0.739. The number of likely N-dealkylation sites (N-methyl/N-ethyl adjacent to an activating group) is 1. The number of aromatic nitrogens is 2. The lowest BCUT2D eigenvalue weighted by molar-refractivity contribution is -0.120. The molecule has 2 aromatic rings. The molecule has 0 saturated carbocycles. The Kier molecular flexibility index (Phi) is 6.58. The molecule has 1 N–H and O–H groups in total. The second-order valence-corrected chi connectivity index (χ2v) is 6.49. The Morgan fingerprint density at radius 1 is 1.38 bits per heavy atom. The van der Waals surface area contributed by atoms with Crippen LogP contribution in [-0.2, 0) is 18.4 Å². The summed E-state index contributed by atoms with van der Waals surface area (Å²) in [5, 5.41) is 7.34. The molecule has 0 aliphatic carbocycles. The molecule has 140 valence electrons. The number of carbonyl (C=O) groups is 1. The largest absolute Gasteiger partial charge is 0.490 e. The molecule has 2 rings (SSSR count). The Morgan fingerprint density at radius 2 is 2.04 bits per heavy atom. The van der Waals surface area contributed by atoms with Gasteiger partial charge >= 0.3 is 0 Å². The first-order valence-electron chi connectivity index (χ1n) is 8.67. The van der Waals surface area contributed by atoms with Crippen molar-refractivity contribution in [2.75, 3.05) is 19.0 Å². The lowest BCUT2D eigenvalue weighted by atomic mass is 10.1. The van der Waals surface area contributed by atoms with Gasteiger partial charge in [-0.25, -0.2) is 0 Å². The summed E-state index contributed by atoms with van der Waals surface area (Å²) in [6.45, 7) is 10.5. The van der Waals surface area contributed by atoms with E-state index < -0.39 is 0 Å². The minimum Gasteiger partial charge on any atom is -0.490 e. The van der Waals surface area contributed by atoms with Crippen molar-refractivity contribution in [2.24, 2.45) is 7.05 Å². The van der Waals surface area contributed by atoms with Crippen molar-refractivity contribution in [3.8, 4) is 5.75 Å². The van der Waals surface area contributed by atoms with Gasteiger partial charge in [-0.3, -0.25) is 14.4 Å². The number of nitrogens with zero attached hydrogens (tertiary/aromatic N) is 3. The van der Waals surface area contributed by atoms with Crippen LogP contribution in [0.5, 0.6) is 5.75 Å². The summed E-state index contributed by atoms with van der Waals surface area (Å²) in [5.74, 6) is 0.766. The zero-order valence-electron chi connectivity index (χ0n) is 16.2. The number of nitrogens with one attached hydrogen (secondary N) is 1. The van der Waals surface area contributed by atoms with Crippen molar-refractivity contribution in [3.63, 3.8) is 0 Å². The van der Waals surface area contributed by atoms with E-state index in [2.05, 4.69) is 17.0 Å². The molecule has 0 saturated heterocycles. The Balaban J connectivity index is 1.96. The highest BCUT2D eigenvalue weighted by molar-refractivity contribution is 5.95. The molecule has 1 heterocycles. The highest BCUT2D eigenvalue weighted by atomic mass is 16.5. The number of rotatable bonds is 8. The molecule has 6 nitrogen and oxygen atoms in total. The SMILES string of the molecule is C=CCOc1ccc(CN(C)[C@@H](C)C(=O)Nc2c(C)nn(C)c2C)cc1. The molecule has 0 fully saturated rings. The van der Waals surface area contributed by atoms with Crippen molar-refractivity contribution in [1.82, 2.24) is 14.7 Å². The standard InChI is InChI=1S/C20H28N4O2/c1-7-12-26-18-10-8-17(9-11-18)13-23(5)16(4)20(25)21-19-14(2)22-24(6)15(19)3/h7-11,16H,1,12-13H2,2-6H3,(H,21,25)/t16-/m0/s1. The van der Waals surface area contributed by atoms with E-state index in [1.54, 1.807) is 10.8 Å². The van der Waals surface area contributed by atoms with E-state index in [0.717, 1.165) is 28.4 Å². The predicted molar refractivity (Wildman–Crippen MR) is 104 cm³/mol. The third kappa shape index (κ3) is 4.73. The maximum absolute atomic E-state index is 12.6. The van der Waals surface area contributed by atoms with E-state index in [4.69, 9.17) is 4.74 Å². The van der Waals surface area contributed by atoms with Gasteiger partial charge in [-0.05, 0) is 45.5 Å². The fourth-order valence-corrected chi connectivity index (χ4v) is 2.65. The van der Waals surface area contributed by atoms with Crippen molar-refractivity contribution in [2.45, 2.75) is 33.4 Å². The van der Waals surface area contributed by atoms with Crippen LogP contribution in [0.4, 0.5) is 5.69 Å². The molecule has 1 aromatic carbocycles. The number of amides is 1. The van der Waals surface area contributed by atoms with Crippen molar-refractivity contribution >= 4 is 11.6 Å². The highest BCUT2D eigenvalue weighted by Gasteiger charge is 2.21. The van der Waals surface area contributed by atoms with E-state index in [-0.39, 0.29) is 11.9 Å². The fraction of sp³-hybridized carbons (Fsp3) is 0.400. The van der Waals surface area contributed by atoms with Crippen LogP contribution in [-0.4, -0.2) is 40.3 Å². The van der Waals surface area contributed by atoms with Gasteiger partial charge < -0.3 is 10.1 Å². The van der Waals surface area contributed by atoms with Crippen LogP contribution in [0.2, 0.25) is 0 Å². The van der Waals surface area contributed by atoms with E-state index in [9.17, 15) is 4.79 Å². The maximum Gasteiger partial charge on any atom is 0.241 e. The third-order valence-electron chi connectivity index (χ3n) is 4.52. The first kappa shape index (κ1) is 19.7. The number of hydrogen-bond donors (Lipinski definition) is 1. The van der Waals surface area contributed by atoms with Gasteiger partial charge in [0.25, 0.3) is 0 Å². The average Bonchev–Trinajstić information content (AvgIpc) is 2.86. The van der Waals surface area contributed by atoms with Crippen molar-refractivity contribution < 1.29 is 9.53 Å². The van der Waals surface area contributed by atoms with E-state index in [0.29, 0.717) is 13.2 Å². The molecule has 0 aliphatic rings. The van der Waals surface area contributed by atoms with E-state index in [1.165, 1.54) is 0 Å². The zero-order chi connectivity index (χ0) is 19.3. The zero-order valence-corrected chi connectivity index (χ0v) is 16.2. The molecular weight excluding hydrogens is 328 g/mol. The molecule has 1 aromatic heterocycles. The van der Waals surface area contributed by atoms with Crippen LogP contribution in [0, 0.1) is 13.8 Å². The van der Waals surface area contributed by atoms with Gasteiger partial charge in [0, 0.05) is 13.6 Å². The molecule has 1 atom stereocenters. The third-order valence-corrected chi connectivity index (χ3v) is 4.52. The van der Waals surface area contributed by atoms with Gasteiger partial charge in [0.2, 0.25) is 5.91 Å². The summed E-state index contributed by atoms with van der Waals surface area (Å²) in [5.41, 5.74) is 3.68. The van der Waals surface area contributed by atoms with Gasteiger partial charge in [-0.1, -0.05) is 24.8 Å². The second kappa shape index (κ2) is 8.67. The van der Waals surface area contributed by atoms with Gasteiger partial charge in [-0.15, -0.1) is 0 Å². The topological polar surface area (TPSA) is 59.4 Å². The predicted octanol–water partition coefficient (Wildman–Crippen LogP) is 3.06. The second-order valence-electron chi connectivity index (χ2n) is 6.49. The number of aryl methyl sites for hydroxylation is 2. The van der Waals surface area contributed by atoms with Crippen molar-refractivity contribution in [1.29, 1.82) is 0 Å². The van der Waals surface area contributed by atoms with Crippen LogP contribution >= 0.6 is 0 Å². The number of benzene rings is 1. The fourth-order valence-electron chi connectivity index (χ4n) is 2.65. The Hall–Kier alpha value is -2.60. The van der Waals surface area contributed by atoms with Crippen LogP contribution in [0.3, 0.4) is 0 Å². The van der Waals surface area contributed by atoms with E-state index >= 15 is 0 Å². The molecule has 0 unspecified atom stereocenters. The molecule has 0 aliphatic heterocycles. The number of carbonyl (C=O) groups excluding carboxylic acids is 1. The Bertz CT molecular complexity index is 765. The minimum atomic E-state index is -0.273. The summed E-state index contributed by atoms with van der Waals surface area (Å²) in [7, 11) is 3.81. The molecule has 6 heteroatoms. The van der Waals surface area contributed by atoms with Gasteiger partial charge in [0.15, 0.2) is 0 Å². The smallest absolute Gasteiger partial charge is 0.241 e. The van der Waals surface area contributed by atoms with Crippen LogP contribution in [0.1, 0.15) is 23.9 Å². The normalized spacial score (nSPS) is 12.1. The van der Waals surface area contributed by atoms with Crippen LogP contribution in [0.15, 0.2) is 36.9 Å². The maximum atomic E-state index is 12.6. The molecule has 0 spiro atoms. The average molecular weight is 356 g/mol. The number of anilines is 1. The summed E-state index contributed by atoms with van der Waals surface area (Å²) < 4.78 is 7.26. The van der Waals surface area contributed by atoms with Gasteiger partial charge in [0.05, 0.1) is 23.1 Å². The lowest BCUT2D eigenvalue weighted by Crippen LogP contribution is -2.39. The lowest BCUT2D eigenvalue weighted by Gasteiger charge is -2.24. The molecule has 0 bridgehead atoms. The minimum absolute atomic E-state index is 0.0439. The van der Waals surface area contributed by atoms with Gasteiger partial charge in [0.1, 0.15) is 12.4 Å². The first-order valence-corrected chi connectivity index (χ1v) is 8.67. The summed E-state index contributed by atoms with van der Waals surface area (Å²) in [6, 6.07) is 7.61. The number of hydrogen-bond acceptors (Lipinski definition) is 4.